The minimum Gasteiger partial charge on any atom is -0.335 e. The molecule has 5 nitrogen and oxygen atoms in total. The van der Waals surface area contributed by atoms with Crippen LogP contribution >= 0.6 is 0 Å². The van der Waals surface area contributed by atoms with E-state index < -0.39 is 0 Å². The van der Waals surface area contributed by atoms with E-state index in [1.54, 1.807) is 12.4 Å². The molecule has 3 rings (SSSR count). The van der Waals surface area contributed by atoms with Crippen molar-refractivity contribution in [3.63, 3.8) is 0 Å². The average Bonchev–Trinajstić information content (AvgIpc) is 2.61. The summed E-state index contributed by atoms with van der Waals surface area (Å²) in [5.41, 5.74) is 1.79. The van der Waals surface area contributed by atoms with Crippen LogP contribution in [0.1, 0.15) is 16.1 Å². The minimum absolute atomic E-state index is 0.0178. The fourth-order valence-electron chi connectivity index (χ4n) is 2.68. The molecule has 114 valence electrons. The third-order valence-corrected chi connectivity index (χ3v) is 4.00. The van der Waals surface area contributed by atoms with Gasteiger partial charge in [-0.3, -0.25) is 14.7 Å². The molecule has 0 N–H and O–H groups in total. The Morgan fingerprint density at radius 2 is 1.82 bits per heavy atom. The maximum atomic E-state index is 12.3. The molecule has 0 bridgehead atoms. The van der Waals surface area contributed by atoms with Gasteiger partial charge >= 0.3 is 0 Å². The molecule has 0 unspecified atom stereocenters. The van der Waals surface area contributed by atoms with E-state index in [0.717, 1.165) is 39.1 Å². The van der Waals surface area contributed by atoms with Gasteiger partial charge in [-0.05, 0) is 12.0 Å². The van der Waals surface area contributed by atoms with Crippen LogP contribution in [-0.2, 0) is 6.42 Å². The summed E-state index contributed by atoms with van der Waals surface area (Å²) in [6.45, 7) is 4.38. The lowest BCUT2D eigenvalue weighted by Gasteiger charge is -2.34. The average molecular weight is 296 g/mol. The first kappa shape index (κ1) is 14.7. The van der Waals surface area contributed by atoms with Crippen LogP contribution in [0.4, 0.5) is 0 Å². The van der Waals surface area contributed by atoms with Gasteiger partial charge in [0.25, 0.3) is 5.91 Å². The van der Waals surface area contributed by atoms with Crippen LogP contribution in [0.3, 0.4) is 0 Å². The Bertz CT molecular complexity index is 595. The standard InChI is InChI=1S/C17H20N4O/c22-17(16-14-18-7-8-19-16)21-12-10-20(11-13-21)9-6-15-4-2-1-3-5-15/h1-5,7-8,14H,6,9-13H2. The molecule has 22 heavy (non-hydrogen) atoms. The number of amides is 1. The predicted molar refractivity (Wildman–Crippen MR) is 84.5 cm³/mol. The first-order valence-electron chi connectivity index (χ1n) is 7.64. The first-order valence-corrected chi connectivity index (χ1v) is 7.64. The second-order valence-electron chi connectivity index (χ2n) is 5.46. The zero-order valence-corrected chi connectivity index (χ0v) is 12.6. The highest BCUT2D eigenvalue weighted by Crippen LogP contribution is 2.08. The Hall–Kier alpha value is -2.27. The van der Waals surface area contributed by atoms with E-state index in [9.17, 15) is 4.79 Å². The summed E-state index contributed by atoms with van der Waals surface area (Å²) >= 11 is 0. The van der Waals surface area contributed by atoms with Crippen molar-refractivity contribution in [3.05, 3.63) is 60.2 Å². The van der Waals surface area contributed by atoms with Gasteiger partial charge in [-0.2, -0.15) is 0 Å². The first-order chi connectivity index (χ1) is 10.8. The zero-order valence-electron chi connectivity index (χ0n) is 12.6. The van der Waals surface area contributed by atoms with Crippen LogP contribution in [0.25, 0.3) is 0 Å². The third kappa shape index (κ3) is 3.68. The Kier molecular flexibility index (Phi) is 4.75. The maximum Gasteiger partial charge on any atom is 0.274 e. The third-order valence-electron chi connectivity index (χ3n) is 4.00. The molecule has 2 aromatic rings. The molecule has 1 aliphatic heterocycles. The van der Waals surface area contributed by atoms with Crippen molar-refractivity contribution in [2.75, 3.05) is 32.7 Å². The topological polar surface area (TPSA) is 49.3 Å². The molecule has 0 atom stereocenters. The van der Waals surface area contributed by atoms with Crippen LogP contribution in [0.2, 0.25) is 0 Å². The van der Waals surface area contributed by atoms with Gasteiger partial charge in [-0.15, -0.1) is 0 Å². The number of benzene rings is 1. The van der Waals surface area contributed by atoms with Crippen molar-refractivity contribution < 1.29 is 4.79 Å². The Morgan fingerprint density at radius 3 is 2.50 bits per heavy atom. The van der Waals surface area contributed by atoms with Crippen molar-refractivity contribution in [2.24, 2.45) is 0 Å². The summed E-state index contributed by atoms with van der Waals surface area (Å²) in [5.74, 6) is -0.0178. The number of aromatic nitrogens is 2. The molecule has 1 aromatic carbocycles. The van der Waals surface area contributed by atoms with Crippen molar-refractivity contribution in [1.29, 1.82) is 0 Å². The monoisotopic (exact) mass is 296 g/mol. The minimum atomic E-state index is -0.0178. The van der Waals surface area contributed by atoms with Crippen molar-refractivity contribution in [1.82, 2.24) is 19.8 Å². The predicted octanol–water partition coefficient (Wildman–Crippen LogP) is 1.48. The smallest absolute Gasteiger partial charge is 0.274 e. The number of rotatable bonds is 4. The van der Waals surface area contributed by atoms with E-state index in [-0.39, 0.29) is 5.91 Å². The number of hydrogen-bond donors (Lipinski definition) is 0. The van der Waals surface area contributed by atoms with E-state index in [2.05, 4.69) is 39.1 Å². The van der Waals surface area contributed by atoms with Crippen LogP contribution in [0.15, 0.2) is 48.9 Å². The molecule has 0 radical (unpaired) electrons. The highest BCUT2D eigenvalue weighted by Gasteiger charge is 2.22. The summed E-state index contributed by atoms with van der Waals surface area (Å²) in [5, 5.41) is 0. The normalized spacial score (nSPS) is 15.7. The lowest BCUT2D eigenvalue weighted by atomic mass is 10.1. The molecular formula is C17H20N4O. The highest BCUT2D eigenvalue weighted by atomic mass is 16.2. The molecule has 1 saturated heterocycles. The van der Waals surface area contributed by atoms with Gasteiger partial charge in [0.05, 0.1) is 6.20 Å². The van der Waals surface area contributed by atoms with E-state index in [1.165, 1.54) is 11.8 Å². The molecule has 0 aliphatic carbocycles. The van der Waals surface area contributed by atoms with Crippen LogP contribution in [-0.4, -0.2) is 58.4 Å². The summed E-state index contributed by atoms with van der Waals surface area (Å²) in [6, 6.07) is 10.5. The Labute approximate surface area is 130 Å². The lowest BCUT2D eigenvalue weighted by Crippen LogP contribution is -2.49. The van der Waals surface area contributed by atoms with E-state index >= 15 is 0 Å². The van der Waals surface area contributed by atoms with Gasteiger partial charge < -0.3 is 4.90 Å². The molecule has 1 aliphatic rings. The van der Waals surface area contributed by atoms with Gasteiger partial charge in [-0.1, -0.05) is 30.3 Å². The number of piperazine rings is 1. The number of carbonyl (C=O) groups excluding carboxylic acids is 1. The Balaban J connectivity index is 1.47. The summed E-state index contributed by atoms with van der Waals surface area (Å²) in [7, 11) is 0. The van der Waals surface area contributed by atoms with E-state index in [1.807, 2.05) is 11.0 Å². The summed E-state index contributed by atoms with van der Waals surface area (Å²) in [4.78, 5) is 24.6. The fourth-order valence-corrected chi connectivity index (χ4v) is 2.68. The van der Waals surface area contributed by atoms with Crippen LogP contribution < -0.4 is 0 Å². The zero-order chi connectivity index (χ0) is 15.2. The molecule has 2 heterocycles. The summed E-state index contributed by atoms with van der Waals surface area (Å²) in [6.07, 6.45) is 5.73. The van der Waals surface area contributed by atoms with Gasteiger partial charge in [0.2, 0.25) is 0 Å². The van der Waals surface area contributed by atoms with Crippen LogP contribution in [0.5, 0.6) is 0 Å². The second kappa shape index (κ2) is 7.13. The molecule has 1 amide bonds. The van der Waals surface area contributed by atoms with Crippen molar-refractivity contribution in [3.8, 4) is 0 Å². The molecule has 5 heteroatoms. The summed E-state index contributed by atoms with van der Waals surface area (Å²) < 4.78 is 0. The van der Waals surface area contributed by atoms with Gasteiger partial charge in [0.15, 0.2) is 0 Å². The molecule has 1 aromatic heterocycles. The van der Waals surface area contributed by atoms with Crippen molar-refractivity contribution in [2.45, 2.75) is 6.42 Å². The molecular weight excluding hydrogens is 276 g/mol. The van der Waals surface area contributed by atoms with E-state index in [0.29, 0.717) is 5.69 Å². The second-order valence-corrected chi connectivity index (χ2v) is 5.46. The molecule has 1 fully saturated rings. The SMILES string of the molecule is O=C(c1cnccn1)N1CCN(CCc2ccccc2)CC1. The number of hydrogen-bond acceptors (Lipinski definition) is 4. The maximum absolute atomic E-state index is 12.3. The molecule has 0 saturated carbocycles. The van der Waals surface area contributed by atoms with Gasteiger partial charge in [-0.25, -0.2) is 4.98 Å². The quantitative estimate of drug-likeness (QED) is 0.857. The fraction of sp³-hybridized carbons (Fsp3) is 0.353. The van der Waals surface area contributed by atoms with Gasteiger partial charge in [0.1, 0.15) is 5.69 Å². The molecule has 0 spiro atoms. The van der Waals surface area contributed by atoms with Crippen LogP contribution in [0, 0.1) is 0 Å². The number of nitrogens with zero attached hydrogens (tertiary/aromatic N) is 4. The lowest BCUT2D eigenvalue weighted by molar-refractivity contribution is 0.0632. The van der Waals surface area contributed by atoms with Crippen molar-refractivity contribution >= 4 is 5.91 Å². The largest absolute Gasteiger partial charge is 0.335 e. The van der Waals surface area contributed by atoms with Gasteiger partial charge in [0, 0.05) is 45.1 Å². The Morgan fingerprint density at radius 1 is 1.05 bits per heavy atom. The van der Waals surface area contributed by atoms with E-state index in [4.69, 9.17) is 0 Å². The highest BCUT2D eigenvalue weighted by molar-refractivity contribution is 5.92. The number of carbonyl (C=O) groups is 1.